The summed E-state index contributed by atoms with van der Waals surface area (Å²) in [6.45, 7) is 0.253. The van der Waals surface area contributed by atoms with Crippen LogP contribution < -0.4 is 15.8 Å². The molecular formula is C10H13BrN4O3S. The van der Waals surface area contributed by atoms with Crippen molar-refractivity contribution in [3.8, 4) is 0 Å². The number of carbonyl (C=O) groups is 1. The van der Waals surface area contributed by atoms with E-state index in [1.807, 2.05) is 0 Å². The summed E-state index contributed by atoms with van der Waals surface area (Å²) in [6, 6.07) is 3.30. The van der Waals surface area contributed by atoms with Crippen molar-refractivity contribution in [1.29, 1.82) is 0 Å². The van der Waals surface area contributed by atoms with Crippen LogP contribution >= 0.6 is 15.9 Å². The number of rotatable bonds is 3. The summed E-state index contributed by atoms with van der Waals surface area (Å²) in [7, 11) is -3.59. The molecular weight excluding hydrogens is 336 g/mol. The van der Waals surface area contributed by atoms with Crippen LogP contribution in [0.3, 0.4) is 0 Å². The molecule has 0 radical (unpaired) electrons. The molecule has 7 nitrogen and oxygen atoms in total. The highest BCUT2D eigenvalue weighted by atomic mass is 79.9. The lowest BCUT2D eigenvalue weighted by Gasteiger charge is -2.17. The molecule has 2 rings (SSSR count). The normalized spacial score (nSPS) is 20.0. The number of hydrogen-bond donors (Lipinski definition) is 2. The van der Waals surface area contributed by atoms with Crippen molar-refractivity contribution in [1.82, 2.24) is 4.98 Å². The van der Waals surface area contributed by atoms with Gasteiger partial charge in [0.1, 0.15) is 4.60 Å². The molecule has 1 unspecified atom stereocenters. The van der Waals surface area contributed by atoms with Gasteiger partial charge in [0.2, 0.25) is 15.9 Å². The van der Waals surface area contributed by atoms with Crippen LogP contribution in [-0.2, 0) is 14.8 Å². The largest absolute Gasteiger partial charge is 0.396 e. The van der Waals surface area contributed by atoms with E-state index in [2.05, 4.69) is 20.9 Å². The van der Waals surface area contributed by atoms with Gasteiger partial charge in [-0.15, -0.1) is 0 Å². The molecule has 1 amide bonds. The van der Waals surface area contributed by atoms with Gasteiger partial charge >= 0.3 is 0 Å². The molecule has 9 heteroatoms. The van der Waals surface area contributed by atoms with E-state index in [-0.39, 0.29) is 30.5 Å². The molecule has 0 aliphatic carbocycles. The summed E-state index contributed by atoms with van der Waals surface area (Å²) < 4.78 is 22.7. The van der Waals surface area contributed by atoms with Crippen LogP contribution in [0.25, 0.3) is 0 Å². The lowest BCUT2D eigenvalue weighted by molar-refractivity contribution is -0.117. The van der Waals surface area contributed by atoms with Gasteiger partial charge in [0, 0.05) is 18.9 Å². The Bertz CT molecular complexity index is 619. The molecule has 1 aliphatic heterocycles. The van der Waals surface area contributed by atoms with Crippen LogP contribution in [0.5, 0.6) is 0 Å². The average molecular weight is 349 g/mol. The third-order valence-electron chi connectivity index (χ3n) is 2.80. The second kappa shape index (κ2) is 5.06. The summed E-state index contributed by atoms with van der Waals surface area (Å²) in [6.07, 6.45) is 0.129. The Morgan fingerprint density at radius 3 is 2.79 bits per heavy atom. The SMILES string of the molecule is Nc1ccc(Br)nc1N1CC(CS(N)(=O)=O)CC1=O. The highest BCUT2D eigenvalue weighted by Gasteiger charge is 2.34. The van der Waals surface area contributed by atoms with Crippen LogP contribution in [0, 0.1) is 5.92 Å². The number of nitrogen functional groups attached to an aromatic ring is 1. The zero-order valence-corrected chi connectivity index (χ0v) is 12.3. The lowest BCUT2D eigenvalue weighted by atomic mass is 10.1. The van der Waals surface area contributed by atoms with Gasteiger partial charge < -0.3 is 5.73 Å². The standard InChI is InChI=1S/C10H13BrN4O3S/c11-8-2-1-7(12)10(14-8)15-4-6(3-9(15)16)5-19(13,17)18/h1-2,6H,3-5,12H2,(H2,13,17,18). The molecule has 104 valence electrons. The molecule has 1 aromatic heterocycles. The molecule has 0 saturated carbocycles. The van der Waals surface area contributed by atoms with E-state index in [1.165, 1.54) is 4.90 Å². The van der Waals surface area contributed by atoms with Crippen LogP contribution in [0.2, 0.25) is 0 Å². The van der Waals surface area contributed by atoms with E-state index < -0.39 is 10.0 Å². The molecule has 1 saturated heterocycles. The molecule has 2 heterocycles. The van der Waals surface area contributed by atoms with E-state index >= 15 is 0 Å². The van der Waals surface area contributed by atoms with E-state index in [0.29, 0.717) is 16.1 Å². The molecule has 1 aliphatic rings. The van der Waals surface area contributed by atoms with Crippen LogP contribution in [-0.4, -0.2) is 31.6 Å². The van der Waals surface area contributed by atoms with Crippen LogP contribution in [0.4, 0.5) is 11.5 Å². The fourth-order valence-corrected chi connectivity index (χ4v) is 3.26. The topological polar surface area (TPSA) is 119 Å². The highest BCUT2D eigenvalue weighted by Crippen LogP contribution is 2.29. The van der Waals surface area contributed by atoms with Crippen molar-refractivity contribution in [2.24, 2.45) is 11.1 Å². The molecule has 0 spiro atoms. The van der Waals surface area contributed by atoms with Gasteiger partial charge in [-0.1, -0.05) is 0 Å². The summed E-state index contributed by atoms with van der Waals surface area (Å²) in [4.78, 5) is 17.5. The Kier molecular flexibility index (Phi) is 3.79. The third-order valence-corrected chi connectivity index (χ3v) is 4.18. The average Bonchev–Trinajstić information content (AvgIpc) is 2.60. The summed E-state index contributed by atoms with van der Waals surface area (Å²) in [5.41, 5.74) is 6.15. The number of pyridine rings is 1. The van der Waals surface area contributed by atoms with Crippen molar-refractivity contribution in [3.63, 3.8) is 0 Å². The Labute approximate surface area is 119 Å². The van der Waals surface area contributed by atoms with E-state index in [9.17, 15) is 13.2 Å². The molecule has 1 fully saturated rings. The number of sulfonamides is 1. The van der Waals surface area contributed by atoms with Gasteiger partial charge in [-0.05, 0) is 28.1 Å². The minimum Gasteiger partial charge on any atom is -0.396 e. The molecule has 0 aromatic carbocycles. The number of anilines is 2. The monoisotopic (exact) mass is 348 g/mol. The van der Waals surface area contributed by atoms with E-state index in [0.717, 1.165) is 0 Å². The van der Waals surface area contributed by atoms with Gasteiger partial charge in [0.15, 0.2) is 5.82 Å². The fourth-order valence-electron chi connectivity index (χ4n) is 2.08. The van der Waals surface area contributed by atoms with Crippen molar-refractivity contribution in [3.05, 3.63) is 16.7 Å². The van der Waals surface area contributed by atoms with Crippen LogP contribution in [0.15, 0.2) is 16.7 Å². The van der Waals surface area contributed by atoms with Gasteiger partial charge in [-0.2, -0.15) is 0 Å². The van der Waals surface area contributed by atoms with E-state index in [4.69, 9.17) is 10.9 Å². The Morgan fingerprint density at radius 2 is 2.16 bits per heavy atom. The summed E-state index contributed by atoms with van der Waals surface area (Å²) in [5, 5.41) is 4.99. The van der Waals surface area contributed by atoms with Crippen molar-refractivity contribution in [2.75, 3.05) is 22.9 Å². The Balaban J connectivity index is 2.23. The van der Waals surface area contributed by atoms with E-state index in [1.54, 1.807) is 12.1 Å². The first-order valence-electron chi connectivity index (χ1n) is 5.49. The quantitative estimate of drug-likeness (QED) is 0.749. The first-order valence-corrected chi connectivity index (χ1v) is 8.00. The second-order valence-corrected chi connectivity index (χ2v) is 6.92. The molecule has 1 atom stereocenters. The summed E-state index contributed by atoms with van der Waals surface area (Å²) >= 11 is 3.21. The zero-order valence-electron chi connectivity index (χ0n) is 9.91. The van der Waals surface area contributed by atoms with Crippen LogP contribution in [0.1, 0.15) is 6.42 Å². The van der Waals surface area contributed by atoms with Gasteiger partial charge in [0.05, 0.1) is 11.4 Å². The predicted octanol–water partition coefficient (Wildman–Crippen LogP) is 0.0677. The number of primary sulfonamides is 1. The fraction of sp³-hybridized carbons (Fsp3) is 0.400. The maximum atomic E-state index is 11.9. The highest BCUT2D eigenvalue weighted by molar-refractivity contribution is 9.10. The second-order valence-electron chi connectivity index (χ2n) is 4.45. The minimum absolute atomic E-state index is 0.129. The molecule has 0 bridgehead atoms. The number of nitrogens with zero attached hydrogens (tertiary/aromatic N) is 2. The summed E-state index contributed by atoms with van der Waals surface area (Å²) in [5.74, 6) is -0.409. The number of aromatic nitrogens is 1. The van der Waals surface area contributed by atoms with Crippen molar-refractivity contribution in [2.45, 2.75) is 6.42 Å². The lowest BCUT2D eigenvalue weighted by Crippen LogP contribution is -2.28. The molecule has 19 heavy (non-hydrogen) atoms. The maximum Gasteiger partial charge on any atom is 0.228 e. The van der Waals surface area contributed by atoms with Gasteiger partial charge in [-0.25, -0.2) is 18.5 Å². The van der Waals surface area contributed by atoms with Gasteiger partial charge in [0.25, 0.3) is 0 Å². The molecule has 1 aromatic rings. The number of hydrogen-bond acceptors (Lipinski definition) is 5. The van der Waals surface area contributed by atoms with Gasteiger partial charge in [-0.3, -0.25) is 9.69 Å². The van der Waals surface area contributed by atoms with Crippen molar-refractivity contribution >= 4 is 43.4 Å². The first-order chi connectivity index (χ1) is 8.76. The maximum absolute atomic E-state index is 11.9. The predicted molar refractivity (Wildman–Crippen MR) is 74.8 cm³/mol. The number of carbonyl (C=O) groups excluding carboxylic acids is 1. The Morgan fingerprint density at radius 1 is 1.47 bits per heavy atom. The number of nitrogens with two attached hydrogens (primary N) is 2. The van der Waals surface area contributed by atoms with Crippen molar-refractivity contribution < 1.29 is 13.2 Å². The molecule has 4 N–H and O–H groups in total. The smallest absolute Gasteiger partial charge is 0.228 e. The Hall–Kier alpha value is -1.19. The minimum atomic E-state index is -3.59. The first kappa shape index (κ1) is 14.2. The number of halogens is 1. The third kappa shape index (κ3) is 3.43. The number of amides is 1. The zero-order chi connectivity index (χ0) is 14.2.